The molecule has 0 aliphatic rings. The Bertz CT molecular complexity index is 216. The molecule has 6 nitrogen and oxygen atoms in total. The van der Waals surface area contributed by atoms with Crippen molar-refractivity contribution in [3.8, 4) is 0 Å². The van der Waals surface area contributed by atoms with Gasteiger partial charge in [-0.05, 0) is 13.8 Å². The quantitative estimate of drug-likeness (QED) is 0.379. The highest BCUT2D eigenvalue weighted by Gasteiger charge is 2.25. The van der Waals surface area contributed by atoms with Gasteiger partial charge in [-0.2, -0.15) is 0 Å². The van der Waals surface area contributed by atoms with E-state index in [-0.39, 0.29) is 0 Å². The van der Waals surface area contributed by atoms with Gasteiger partial charge >= 0.3 is 0 Å². The molecule has 0 aliphatic carbocycles. The number of rotatable bonds is 6. The Hall–Kier alpha value is -0.820. The SMILES string of the molecule is C[C@@H](O)[C@H](N)C(=O)CC(=O)[C@@H](N)[C@@H](C)O. The minimum absolute atomic E-state index is 0.460. The molecular formula is C9H18N2O4. The normalized spacial score (nSPS) is 19.1. The molecule has 0 saturated heterocycles. The van der Waals surface area contributed by atoms with E-state index in [1.807, 2.05) is 0 Å². The molecule has 0 amide bonds. The summed E-state index contributed by atoms with van der Waals surface area (Å²) in [6, 6.07) is -2.18. The Kier molecular flexibility index (Phi) is 5.59. The minimum Gasteiger partial charge on any atom is -0.391 e. The number of hydrogen-bond acceptors (Lipinski definition) is 6. The predicted octanol–water partition coefficient (Wildman–Crippen LogP) is -2.07. The molecule has 6 heteroatoms. The second-order valence-corrected chi connectivity index (χ2v) is 3.64. The van der Waals surface area contributed by atoms with Crippen LogP contribution in [0.15, 0.2) is 0 Å². The fraction of sp³-hybridized carbons (Fsp3) is 0.778. The molecule has 0 saturated carbocycles. The van der Waals surface area contributed by atoms with Crippen LogP contribution >= 0.6 is 0 Å². The first-order chi connectivity index (χ1) is 6.77. The molecule has 0 aromatic carbocycles. The van der Waals surface area contributed by atoms with Gasteiger partial charge in [0.2, 0.25) is 0 Å². The Morgan fingerprint density at radius 1 is 1.00 bits per heavy atom. The van der Waals surface area contributed by atoms with Crippen LogP contribution in [0.4, 0.5) is 0 Å². The van der Waals surface area contributed by atoms with Crippen molar-refractivity contribution in [1.29, 1.82) is 0 Å². The van der Waals surface area contributed by atoms with Gasteiger partial charge in [-0.25, -0.2) is 0 Å². The fourth-order valence-corrected chi connectivity index (χ4v) is 0.945. The molecule has 6 N–H and O–H groups in total. The summed E-state index contributed by atoms with van der Waals surface area (Å²) in [6.45, 7) is 2.73. The van der Waals surface area contributed by atoms with E-state index in [0.717, 1.165) is 0 Å². The lowest BCUT2D eigenvalue weighted by Crippen LogP contribution is -2.45. The minimum atomic E-state index is -1.09. The van der Waals surface area contributed by atoms with Crippen LogP contribution in [0.5, 0.6) is 0 Å². The molecule has 0 rings (SSSR count). The van der Waals surface area contributed by atoms with Crippen LogP contribution in [0.2, 0.25) is 0 Å². The smallest absolute Gasteiger partial charge is 0.159 e. The fourth-order valence-electron chi connectivity index (χ4n) is 0.945. The number of Topliss-reactive ketones (excluding diaryl/α,β-unsaturated/α-hetero) is 2. The van der Waals surface area contributed by atoms with Crippen molar-refractivity contribution in [3.05, 3.63) is 0 Å². The molecule has 88 valence electrons. The third-order valence-electron chi connectivity index (χ3n) is 2.13. The van der Waals surface area contributed by atoms with Gasteiger partial charge in [-0.15, -0.1) is 0 Å². The largest absolute Gasteiger partial charge is 0.391 e. The lowest BCUT2D eigenvalue weighted by Gasteiger charge is -2.16. The zero-order chi connectivity index (χ0) is 12.2. The van der Waals surface area contributed by atoms with Crippen molar-refractivity contribution < 1.29 is 19.8 Å². The number of hydrogen-bond donors (Lipinski definition) is 4. The monoisotopic (exact) mass is 218 g/mol. The van der Waals surface area contributed by atoms with E-state index in [4.69, 9.17) is 21.7 Å². The van der Waals surface area contributed by atoms with Gasteiger partial charge in [0.05, 0.1) is 30.7 Å². The maximum absolute atomic E-state index is 11.3. The number of ketones is 2. The third kappa shape index (κ3) is 4.48. The van der Waals surface area contributed by atoms with Crippen LogP contribution in [0.25, 0.3) is 0 Å². The first kappa shape index (κ1) is 14.2. The van der Waals surface area contributed by atoms with E-state index in [1.165, 1.54) is 13.8 Å². The molecule has 4 atom stereocenters. The Morgan fingerprint density at radius 2 is 1.27 bits per heavy atom. The zero-order valence-electron chi connectivity index (χ0n) is 8.88. The Labute approximate surface area is 88.3 Å². The average molecular weight is 218 g/mol. The maximum Gasteiger partial charge on any atom is 0.159 e. The number of carbonyl (C=O) groups is 2. The lowest BCUT2D eigenvalue weighted by atomic mass is 9.99. The molecule has 0 fully saturated rings. The topological polar surface area (TPSA) is 127 Å². The molecule has 15 heavy (non-hydrogen) atoms. The van der Waals surface area contributed by atoms with Crippen molar-refractivity contribution in [3.63, 3.8) is 0 Å². The molecule has 0 spiro atoms. The molecule has 0 aliphatic heterocycles. The van der Waals surface area contributed by atoms with Crippen LogP contribution in [0, 0.1) is 0 Å². The number of aliphatic hydroxyl groups excluding tert-OH is 2. The van der Waals surface area contributed by atoms with Gasteiger partial charge in [0.1, 0.15) is 0 Å². The molecule has 0 radical (unpaired) electrons. The van der Waals surface area contributed by atoms with E-state index in [0.29, 0.717) is 0 Å². The molecule has 0 bridgehead atoms. The first-order valence-electron chi connectivity index (χ1n) is 4.70. The molecular weight excluding hydrogens is 200 g/mol. The van der Waals surface area contributed by atoms with Gasteiger partial charge in [-0.3, -0.25) is 9.59 Å². The van der Waals surface area contributed by atoms with Crippen molar-refractivity contribution in [2.75, 3.05) is 0 Å². The first-order valence-corrected chi connectivity index (χ1v) is 4.70. The van der Waals surface area contributed by atoms with Gasteiger partial charge in [-0.1, -0.05) is 0 Å². The van der Waals surface area contributed by atoms with Crippen molar-refractivity contribution in [2.24, 2.45) is 11.5 Å². The van der Waals surface area contributed by atoms with E-state index < -0.39 is 42.3 Å². The van der Waals surface area contributed by atoms with Crippen LogP contribution in [0.1, 0.15) is 20.3 Å². The maximum atomic E-state index is 11.3. The third-order valence-corrected chi connectivity index (χ3v) is 2.13. The van der Waals surface area contributed by atoms with Crippen LogP contribution < -0.4 is 11.5 Å². The summed E-state index contributed by atoms with van der Waals surface area (Å²) in [4.78, 5) is 22.6. The molecule has 0 unspecified atom stereocenters. The van der Waals surface area contributed by atoms with Crippen molar-refractivity contribution in [1.82, 2.24) is 0 Å². The highest BCUT2D eigenvalue weighted by Crippen LogP contribution is 2.00. The van der Waals surface area contributed by atoms with Crippen LogP contribution in [-0.4, -0.2) is 46.1 Å². The Balaban J connectivity index is 4.25. The van der Waals surface area contributed by atoms with Crippen molar-refractivity contribution >= 4 is 11.6 Å². The molecule has 0 heterocycles. The van der Waals surface area contributed by atoms with Crippen LogP contribution in [0.3, 0.4) is 0 Å². The van der Waals surface area contributed by atoms with Gasteiger partial charge in [0.25, 0.3) is 0 Å². The van der Waals surface area contributed by atoms with Crippen molar-refractivity contribution in [2.45, 2.75) is 44.6 Å². The highest BCUT2D eigenvalue weighted by molar-refractivity contribution is 6.03. The van der Waals surface area contributed by atoms with E-state index in [1.54, 1.807) is 0 Å². The number of carbonyl (C=O) groups excluding carboxylic acids is 2. The summed E-state index contributed by atoms with van der Waals surface area (Å²) in [5.74, 6) is -1.16. The Morgan fingerprint density at radius 3 is 1.47 bits per heavy atom. The lowest BCUT2D eigenvalue weighted by molar-refractivity contribution is -0.130. The summed E-state index contributed by atoms with van der Waals surface area (Å²) >= 11 is 0. The summed E-state index contributed by atoms with van der Waals surface area (Å²) in [5, 5.41) is 18.0. The predicted molar refractivity (Wildman–Crippen MR) is 53.9 cm³/mol. The van der Waals surface area contributed by atoms with E-state index in [9.17, 15) is 9.59 Å². The van der Waals surface area contributed by atoms with Gasteiger partial charge < -0.3 is 21.7 Å². The number of aliphatic hydroxyl groups is 2. The molecule has 0 aromatic heterocycles. The summed E-state index contributed by atoms with van der Waals surface area (Å²) < 4.78 is 0. The molecule has 0 aromatic rings. The van der Waals surface area contributed by atoms with Gasteiger partial charge in [0, 0.05) is 0 Å². The second kappa shape index (κ2) is 5.92. The zero-order valence-corrected chi connectivity index (χ0v) is 8.88. The number of nitrogens with two attached hydrogens (primary N) is 2. The van der Waals surface area contributed by atoms with Crippen LogP contribution in [-0.2, 0) is 9.59 Å². The standard InChI is InChI=1S/C9H18N2O4/c1-4(12)8(10)6(14)3-7(15)9(11)5(2)13/h4-5,8-9,12-13H,3,10-11H2,1-2H3/t4-,5-,8+,9+/m1/s1. The summed E-state index contributed by atoms with van der Waals surface area (Å²) in [7, 11) is 0. The average Bonchev–Trinajstić information content (AvgIpc) is 2.14. The summed E-state index contributed by atoms with van der Waals surface area (Å²) in [6.07, 6.45) is -2.47. The van der Waals surface area contributed by atoms with Gasteiger partial charge in [0.15, 0.2) is 11.6 Å². The van der Waals surface area contributed by atoms with E-state index in [2.05, 4.69) is 0 Å². The van der Waals surface area contributed by atoms with E-state index >= 15 is 0 Å². The second-order valence-electron chi connectivity index (χ2n) is 3.64. The highest BCUT2D eigenvalue weighted by atomic mass is 16.3. The summed E-state index contributed by atoms with van der Waals surface area (Å²) in [5.41, 5.74) is 10.7.